The van der Waals surface area contributed by atoms with Gasteiger partial charge in [0.1, 0.15) is 6.20 Å². The van der Waals surface area contributed by atoms with E-state index in [1.807, 2.05) is 13.0 Å². The van der Waals surface area contributed by atoms with Crippen LogP contribution in [-0.2, 0) is 4.79 Å². The second kappa shape index (κ2) is 6.73. The fraction of sp³-hybridized carbons (Fsp3) is 0.231. The number of amides is 1. The minimum Gasteiger partial charge on any atom is -0.325 e. The molecule has 110 valence electrons. The first-order valence-electron chi connectivity index (χ1n) is 6.11. The second-order valence-electron chi connectivity index (χ2n) is 4.35. The highest BCUT2D eigenvalue weighted by Crippen LogP contribution is 2.22. The van der Waals surface area contributed by atoms with Crippen LogP contribution in [0, 0.1) is 6.92 Å². The standard InChI is InChI=1S/C13H13ClN4O2S/c1-7-3-4-9(5-10(7)14)16-12(20)8(2)21-13-17-11(19)6-15-18-13/h3-6,8H,1-2H3,(H,16,20)(H,17,18,19)/t8-/m0/s1. The lowest BCUT2D eigenvalue weighted by atomic mass is 10.2. The molecule has 0 aliphatic heterocycles. The molecule has 0 spiro atoms. The first-order valence-corrected chi connectivity index (χ1v) is 7.37. The lowest BCUT2D eigenvalue weighted by molar-refractivity contribution is -0.115. The highest BCUT2D eigenvalue weighted by Gasteiger charge is 2.16. The number of thioether (sulfide) groups is 1. The van der Waals surface area contributed by atoms with Crippen molar-refractivity contribution in [3.63, 3.8) is 0 Å². The summed E-state index contributed by atoms with van der Waals surface area (Å²) < 4.78 is 0. The van der Waals surface area contributed by atoms with Crippen LogP contribution in [-0.4, -0.2) is 26.3 Å². The zero-order valence-corrected chi connectivity index (χ0v) is 13.0. The summed E-state index contributed by atoms with van der Waals surface area (Å²) in [5.74, 6) is -0.216. The van der Waals surface area contributed by atoms with Crippen molar-refractivity contribution >= 4 is 35.0 Å². The van der Waals surface area contributed by atoms with Crippen LogP contribution < -0.4 is 10.9 Å². The van der Waals surface area contributed by atoms with Gasteiger partial charge in [-0.1, -0.05) is 29.4 Å². The van der Waals surface area contributed by atoms with Crippen LogP contribution in [0.4, 0.5) is 5.69 Å². The molecular weight excluding hydrogens is 312 g/mol. The van der Waals surface area contributed by atoms with E-state index in [0.717, 1.165) is 23.5 Å². The summed E-state index contributed by atoms with van der Waals surface area (Å²) in [6, 6.07) is 5.30. The number of aromatic nitrogens is 3. The summed E-state index contributed by atoms with van der Waals surface area (Å²) in [7, 11) is 0. The van der Waals surface area contributed by atoms with E-state index in [-0.39, 0.29) is 11.5 Å². The molecular formula is C13H13ClN4O2S. The molecule has 0 radical (unpaired) electrons. The molecule has 0 aliphatic carbocycles. The van der Waals surface area contributed by atoms with Gasteiger partial charge in [0.25, 0.3) is 5.56 Å². The summed E-state index contributed by atoms with van der Waals surface area (Å²) in [6.45, 7) is 3.60. The molecule has 0 saturated heterocycles. The topological polar surface area (TPSA) is 87.7 Å². The van der Waals surface area contributed by atoms with Crippen LogP contribution in [0.15, 0.2) is 34.3 Å². The molecule has 2 aromatic rings. The van der Waals surface area contributed by atoms with Crippen molar-refractivity contribution in [2.24, 2.45) is 0 Å². The monoisotopic (exact) mass is 324 g/mol. The van der Waals surface area contributed by atoms with Gasteiger partial charge >= 0.3 is 0 Å². The van der Waals surface area contributed by atoms with E-state index in [1.54, 1.807) is 19.1 Å². The smallest absolute Gasteiger partial charge is 0.270 e. The van der Waals surface area contributed by atoms with Crippen molar-refractivity contribution in [2.45, 2.75) is 24.3 Å². The summed E-state index contributed by atoms with van der Waals surface area (Å²) in [5.41, 5.74) is 1.20. The highest BCUT2D eigenvalue weighted by molar-refractivity contribution is 8.00. The number of aromatic amines is 1. The average molecular weight is 325 g/mol. The predicted octanol–water partition coefficient (Wildman–Crippen LogP) is 2.25. The van der Waals surface area contributed by atoms with E-state index in [9.17, 15) is 9.59 Å². The normalized spacial score (nSPS) is 12.0. The average Bonchev–Trinajstić information content (AvgIpc) is 2.43. The summed E-state index contributed by atoms with van der Waals surface area (Å²) in [5, 5.41) is 10.5. The Balaban J connectivity index is 2.02. The maximum Gasteiger partial charge on any atom is 0.270 e. The van der Waals surface area contributed by atoms with Gasteiger partial charge in [0.2, 0.25) is 5.91 Å². The first kappa shape index (κ1) is 15.5. The van der Waals surface area contributed by atoms with Gasteiger partial charge in [0.05, 0.1) is 5.25 Å². The Bertz CT molecular complexity index is 719. The molecule has 8 heteroatoms. The molecule has 6 nitrogen and oxygen atoms in total. The Kier molecular flexibility index (Phi) is 4.98. The number of hydrogen-bond acceptors (Lipinski definition) is 5. The van der Waals surface area contributed by atoms with E-state index in [4.69, 9.17) is 11.6 Å². The molecule has 0 unspecified atom stereocenters. The molecule has 2 N–H and O–H groups in total. The Labute approximate surface area is 130 Å². The third-order valence-electron chi connectivity index (χ3n) is 2.65. The van der Waals surface area contributed by atoms with Crippen LogP contribution in [0.1, 0.15) is 12.5 Å². The molecule has 0 aliphatic rings. The Morgan fingerprint density at radius 2 is 2.24 bits per heavy atom. The van der Waals surface area contributed by atoms with Crippen LogP contribution in [0.2, 0.25) is 5.02 Å². The molecule has 2 rings (SSSR count). The number of hydrogen-bond donors (Lipinski definition) is 2. The molecule has 21 heavy (non-hydrogen) atoms. The molecule has 1 heterocycles. The molecule has 1 aromatic heterocycles. The summed E-state index contributed by atoms with van der Waals surface area (Å²) in [6.07, 6.45) is 1.07. The van der Waals surface area contributed by atoms with Gasteiger partial charge in [-0.2, -0.15) is 5.10 Å². The third-order valence-corrected chi connectivity index (χ3v) is 4.03. The lowest BCUT2D eigenvalue weighted by Gasteiger charge is -2.11. The SMILES string of the molecule is Cc1ccc(NC(=O)[C@H](C)Sc2nncc(=O)[nH]2)cc1Cl. The number of rotatable bonds is 4. The van der Waals surface area contributed by atoms with Gasteiger partial charge in [-0.3, -0.25) is 14.6 Å². The molecule has 0 saturated carbocycles. The van der Waals surface area contributed by atoms with Gasteiger partial charge in [0, 0.05) is 10.7 Å². The zero-order valence-electron chi connectivity index (χ0n) is 11.4. The fourth-order valence-electron chi connectivity index (χ4n) is 1.48. The van der Waals surface area contributed by atoms with Gasteiger partial charge in [-0.05, 0) is 31.5 Å². The highest BCUT2D eigenvalue weighted by atomic mass is 35.5. The second-order valence-corrected chi connectivity index (χ2v) is 6.09. The van der Waals surface area contributed by atoms with Crippen molar-refractivity contribution in [3.8, 4) is 0 Å². The minimum absolute atomic E-state index is 0.216. The van der Waals surface area contributed by atoms with Crippen molar-refractivity contribution in [3.05, 3.63) is 45.3 Å². The maximum atomic E-state index is 12.1. The number of nitrogens with one attached hydrogen (secondary N) is 2. The first-order chi connectivity index (χ1) is 9.95. The largest absolute Gasteiger partial charge is 0.325 e. The molecule has 1 amide bonds. The quantitative estimate of drug-likeness (QED) is 0.842. The van der Waals surface area contributed by atoms with Gasteiger partial charge in [-0.25, -0.2) is 0 Å². The van der Waals surface area contributed by atoms with E-state index in [1.165, 1.54) is 0 Å². The Morgan fingerprint density at radius 3 is 2.90 bits per heavy atom. The number of carbonyl (C=O) groups excluding carboxylic acids is 1. The van der Waals surface area contributed by atoms with Crippen LogP contribution in [0.25, 0.3) is 0 Å². The van der Waals surface area contributed by atoms with Gasteiger partial charge in [0.15, 0.2) is 5.16 Å². The third kappa shape index (κ3) is 4.30. The van der Waals surface area contributed by atoms with E-state index in [0.29, 0.717) is 15.9 Å². The number of aryl methyl sites for hydroxylation is 1. The summed E-state index contributed by atoms with van der Waals surface area (Å²) >= 11 is 7.13. The van der Waals surface area contributed by atoms with Crippen molar-refractivity contribution < 1.29 is 4.79 Å². The minimum atomic E-state index is -0.447. The molecule has 0 fully saturated rings. The molecule has 1 aromatic carbocycles. The van der Waals surface area contributed by atoms with Gasteiger partial charge < -0.3 is 5.32 Å². The Morgan fingerprint density at radius 1 is 1.48 bits per heavy atom. The number of nitrogens with zero attached hydrogens (tertiary/aromatic N) is 2. The van der Waals surface area contributed by atoms with Crippen molar-refractivity contribution in [1.29, 1.82) is 0 Å². The van der Waals surface area contributed by atoms with E-state index < -0.39 is 5.25 Å². The number of benzene rings is 1. The number of anilines is 1. The van der Waals surface area contributed by atoms with Crippen LogP contribution in [0.3, 0.4) is 0 Å². The molecule has 0 bridgehead atoms. The number of H-pyrrole nitrogens is 1. The number of carbonyl (C=O) groups is 1. The van der Waals surface area contributed by atoms with E-state index >= 15 is 0 Å². The fourth-order valence-corrected chi connectivity index (χ4v) is 2.42. The van der Waals surface area contributed by atoms with E-state index in [2.05, 4.69) is 20.5 Å². The predicted molar refractivity (Wildman–Crippen MR) is 82.8 cm³/mol. The van der Waals surface area contributed by atoms with Crippen molar-refractivity contribution in [2.75, 3.05) is 5.32 Å². The molecule has 1 atom stereocenters. The number of halogens is 1. The Hall–Kier alpha value is -1.86. The zero-order chi connectivity index (χ0) is 15.4. The van der Waals surface area contributed by atoms with Crippen LogP contribution in [0.5, 0.6) is 0 Å². The summed E-state index contributed by atoms with van der Waals surface area (Å²) in [4.78, 5) is 25.7. The van der Waals surface area contributed by atoms with Gasteiger partial charge in [-0.15, -0.1) is 5.10 Å². The lowest BCUT2D eigenvalue weighted by Crippen LogP contribution is -2.23. The van der Waals surface area contributed by atoms with Crippen LogP contribution >= 0.6 is 23.4 Å². The maximum absolute atomic E-state index is 12.1. The van der Waals surface area contributed by atoms with Crippen molar-refractivity contribution in [1.82, 2.24) is 15.2 Å².